The number of rotatable bonds is 2. The Hall–Kier alpha value is 0.467. The summed E-state index contributed by atoms with van der Waals surface area (Å²) >= 11 is 5.33. The first-order chi connectivity index (χ1) is 2.41. The van der Waals surface area contributed by atoms with E-state index in [4.69, 9.17) is 11.1 Å². The van der Waals surface area contributed by atoms with E-state index in [9.17, 15) is 0 Å². The fourth-order valence-electron chi connectivity index (χ4n) is 0.0945. The Morgan fingerprint density at radius 3 is 2.60 bits per heavy atom. The molecular formula is C2H8ClNSi. The van der Waals surface area contributed by atoms with Gasteiger partial charge in [0.2, 0.25) is 0 Å². The topological polar surface area (TPSA) is 12.0 Å². The van der Waals surface area contributed by atoms with Gasteiger partial charge in [0.25, 0.3) is 0 Å². The quantitative estimate of drug-likeness (QED) is 0.384. The van der Waals surface area contributed by atoms with E-state index < -0.39 is 0 Å². The van der Waals surface area contributed by atoms with Crippen LogP contribution in [-0.2, 0) is 0 Å². The zero-order chi connectivity index (χ0) is 4.12. The van der Waals surface area contributed by atoms with E-state index in [0.29, 0.717) is 0 Å². The molecule has 0 rings (SSSR count). The van der Waals surface area contributed by atoms with Crippen molar-refractivity contribution in [1.29, 1.82) is 0 Å². The molecule has 0 saturated carbocycles. The molecule has 0 spiro atoms. The van der Waals surface area contributed by atoms with Gasteiger partial charge in [-0.15, -0.1) is 0 Å². The molecule has 0 aliphatic rings. The lowest BCUT2D eigenvalue weighted by atomic mass is 10.8. The van der Waals surface area contributed by atoms with Crippen molar-refractivity contribution in [2.45, 2.75) is 6.92 Å². The third kappa shape index (κ3) is 4.47. The predicted molar refractivity (Wildman–Crippen MR) is 28.1 cm³/mol. The number of nitrogens with one attached hydrogen (secondary N) is 1. The van der Waals surface area contributed by atoms with Gasteiger partial charge in [-0.25, -0.2) is 0 Å². The van der Waals surface area contributed by atoms with Gasteiger partial charge in [0, 0.05) is 0 Å². The fourth-order valence-corrected chi connectivity index (χ4v) is 0.850. The lowest BCUT2D eigenvalue weighted by Crippen LogP contribution is -2.11. The predicted octanol–water partition coefficient (Wildman–Crippen LogP) is -0.166. The second kappa shape index (κ2) is 4.47. The van der Waals surface area contributed by atoms with Crippen LogP contribution in [0.3, 0.4) is 0 Å². The third-order valence-corrected chi connectivity index (χ3v) is 1.60. The lowest BCUT2D eigenvalue weighted by Gasteiger charge is -1.83. The molecule has 0 radical (unpaired) electrons. The molecule has 1 N–H and O–H groups in total. The molecule has 0 aromatic carbocycles. The van der Waals surface area contributed by atoms with Gasteiger partial charge in [0.15, 0.2) is 8.99 Å². The van der Waals surface area contributed by atoms with Gasteiger partial charge in [-0.05, 0) is 6.54 Å². The smallest absolute Gasteiger partial charge is 0.195 e. The first-order valence-corrected chi connectivity index (χ1v) is 4.53. The number of hydrogen-bond acceptors (Lipinski definition) is 1. The molecule has 32 valence electrons. The molecule has 5 heavy (non-hydrogen) atoms. The standard InChI is InChI=1S/C2H8ClNSi/c1-2-4-5-3/h4H,2,5H2,1H3. The van der Waals surface area contributed by atoms with Crippen LogP contribution in [0.25, 0.3) is 0 Å². The zero-order valence-electron chi connectivity index (χ0n) is 3.29. The van der Waals surface area contributed by atoms with E-state index in [2.05, 4.69) is 11.9 Å². The molecule has 0 heterocycles. The van der Waals surface area contributed by atoms with E-state index in [-0.39, 0.29) is 8.99 Å². The Balaban J connectivity index is 2.19. The van der Waals surface area contributed by atoms with Gasteiger partial charge in [0.05, 0.1) is 0 Å². The van der Waals surface area contributed by atoms with E-state index >= 15 is 0 Å². The Morgan fingerprint density at radius 1 is 2.00 bits per heavy atom. The average molecular weight is 110 g/mol. The SMILES string of the molecule is CCN[SiH2]Cl. The maximum atomic E-state index is 5.33. The summed E-state index contributed by atoms with van der Waals surface area (Å²) in [5.74, 6) is 0. The fraction of sp³-hybridized carbons (Fsp3) is 1.00. The van der Waals surface area contributed by atoms with Crippen molar-refractivity contribution in [2.75, 3.05) is 6.54 Å². The molecule has 0 aliphatic carbocycles. The highest BCUT2D eigenvalue weighted by atomic mass is 35.6. The van der Waals surface area contributed by atoms with Crippen LogP contribution in [0.4, 0.5) is 0 Å². The zero-order valence-corrected chi connectivity index (χ0v) is 5.46. The van der Waals surface area contributed by atoms with Gasteiger partial charge in [-0.2, -0.15) is 11.1 Å². The molecule has 1 nitrogen and oxygen atoms in total. The molecule has 3 heteroatoms. The van der Waals surface area contributed by atoms with E-state index in [0.717, 1.165) is 6.54 Å². The van der Waals surface area contributed by atoms with E-state index in [1.807, 2.05) is 0 Å². The molecule has 0 amide bonds. The third-order valence-electron chi connectivity index (χ3n) is 0.344. The van der Waals surface area contributed by atoms with Crippen molar-refractivity contribution in [1.82, 2.24) is 4.98 Å². The van der Waals surface area contributed by atoms with Crippen LogP contribution < -0.4 is 4.98 Å². The van der Waals surface area contributed by atoms with Crippen LogP contribution in [0.1, 0.15) is 6.92 Å². The summed E-state index contributed by atoms with van der Waals surface area (Å²) < 4.78 is 0. The van der Waals surface area contributed by atoms with Crippen LogP contribution in [-0.4, -0.2) is 15.5 Å². The van der Waals surface area contributed by atoms with Crippen molar-refractivity contribution >= 4 is 20.1 Å². The highest BCUT2D eigenvalue weighted by molar-refractivity contribution is 6.92. The summed E-state index contributed by atoms with van der Waals surface area (Å²) in [6.45, 7) is 3.07. The first-order valence-electron chi connectivity index (χ1n) is 1.68. The highest BCUT2D eigenvalue weighted by Crippen LogP contribution is 1.55. The highest BCUT2D eigenvalue weighted by Gasteiger charge is 1.67. The van der Waals surface area contributed by atoms with Crippen LogP contribution in [0.2, 0.25) is 0 Å². The summed E-state index contributed by atoms with van der Waals surface area (Å²) in [5.41, 5.74) is 0. The number of halogens is 1. The minimum Gasteiger partial charge on any atom is -0.330 e. The van der Waals surface area contributed by atoms with Crippen LogP contribution in [0.5, 0.6) is 0 Å². The van der Waals surface area contributed by atoms with Crippen LogP contribution in [0.15, 0.2) is 0 Å². The Kier molecular flexibility index (Phi) is 4.88. The van der Waals surface area contributed by atoms with Crippen molar-refractivity contribution < 1.29 is 0 Å². The summed E-state index contributed by atoms with van der Waals surface area (Å²) in [4.78, 5) is 3.02. The van der Waals surface area contributed by atoms with Crippen molar-refractivity contribution in [3.05, 3.63) is 0 Å². The number of hydrogen-bond donors (Lipinski definition) is 1. The van der Waals surface area contributed by atoms with Crippen LogP contribution >= 0.6 is 11.1 Å². The molecule has 0 unspecified atom stereocenters. The van der Waals surface area contributed by atoms with Gasteiger partial charge in [-0.3, -0.25) is 0 Å². The maximum Gasteiger partial charge on any atom is 0.195 e. The summed E-state index contributed by atoms with van der Waals surface area (Å²) in [6.07, 6.45) is 0. The summed E-state index contributed by atoms with van der Waals surface area (Å²) in [6, 6.07) is 0. The molecule has 0 atom stereocenters. The Bertz CT molecular complexity index is 17.1. The van der Waals surface area contributed by atoms with Crippen molar-refractivity contribution in [3.8, 4) is 0 Å². The second-order valence-corrected chi connectivity index (χ2v) is 2.31. The average Bonchev–Trinajstić information content (AvgIpc) is 1.41. The summed E-state index contributed by atoms with van der Waals surface area (Å²) in [7, 11) is -0.364. The molecule has 0 aliphatic heterocycles. The van der Waals surface area contributed by atoms with Gasteiger partial charge in [-0.1, -0.05) is 6.92 Å². The maximum absolute atomic E-state index is 5.33. The normalized spacial score (nSPS) is 10.8. The van der Waals surface area contributed by atoms with Gasteiger partial charge >= 0.3 is 0 Å². The van der Waals surface area contributed by atoms with E-state index in [1.54, 1.807) is 0 Å². The molecule has 0 saturated heterocycles. The summed E-state index contributed by atoms with van der Waals surface area (Å²) in [5, 5.41) is 0. The molecule has 0 aromatic rings. The Morgan fingerprint density at radius 2 is 2.60 bits per heavy atom. The van der Waals surface area contributed by atoms with Crippen LogP contribution in [0, 0.1) is 0 Å². The van der Waals surface area contributed by atoms with E-state index in [1.165, 1.54) is 0 Å². The first kappa shape index (κ1) is 5.47. The monoisotopic (exact) mass is 109 g/mol. The molecule has 0 fully saturated rings. The van der Waals surface area contributed by atoms with Gasteiger partial charge in [0.1, 0.15) is 0 Å². The lowest BCUT2D eigenvalue weighted by molar-refractivity contribution is 1.02. The minimum absolute atomic E-state index is 0.364. The second-order valence-electron chi connectivity index (χ2n) is 0.737. The minimum atomic E-state index is -0.364. The molecular weight excluding hydrogens is 102 g/mol. The van der Waals surface area contributed by atoms with Crippen molar-refractivity contribution in [3.63, 3.8) is 0 Å². The largest absolute Gasteiger partial charge is 0.330 e. The molecule has 0 bridgehead atoms. The van der Waals surface area contributed by atoms with Gasteiger partial charge < -0.3 is 4.98 Å². The van der Waals surface area contributed by atoms with Crippen molar-refractivity contribution in [2.24, 2.45) is 0 Å². The Labute approximate surface area is 39.3 Å². The molecule has 0 aromatic heterocycles.